The third-order valence-corrected chi connectivity index (χ3v) is 1.70. The molecule has 1 aromatic carbocycles. The van der Waals surface area contributed by atoms with Crippen LogP contribution in [0, 0.1) is 0 Å². The second kappa shape index (κ2) is 2.85. The quantitative estimate of drug-likeness (QED) is 0.668. The minimum atomic E-state index is 0.631. The summed E-state index contributed by atoms with van der Waals surface area (Å²) in [5, 5.41) is 5.18. The van der Waals surface area contributed by atoms with Gasteiger partial charge < -0.3 is 4.84 Å². The minimum Gasteiger partial charge on any atom is -0.396 e. The van der Waals surface area contributed by atoms with Crippen molar-refractivity contribution in [1.29, 1.82) is 0 Å². The van der Waals surface area contributed by atoms with Gasteiger partial charge in [-0.05, 0) is 13.0 Å². The van der Waals surface area contributed by atoms with Gasteiger partial charge in [-0.2, -0.15) is 0 Å². The van der Waals surface area contributed by atoms with Crippen molar-refractivity contribution in [2.45, 2.75) is 6.92 Å². The van der Waals surface area contributed by atoms with Gasteiger partial charge in [-0.1, -0.05) is 23.0 Å². The first-order valence-corrected chi connectivity index (χ1v) is 3.98. The summed E-state index contributed by atoms with van der Waals surface area (Å²) in [5.74, 6) is 0. The molecule has 1 heterocycles. The normalized spacial score (nSPS) is 10.4. The molecule has 0 spiro atoms. The lowest BCUT2D eigenvalue weighted by Crippen LogP contribution is -2.11. The maximum atomic E-state index is 5.26. The SMILES string of the molecule is CCOn1ncc2ccccc21. The van der Waals surface area contributed by atoms with E-state index in [-0.39, 0.29) is 0 Å². The van der Waals surface area contributed by atoms with E-state index in [4.69, 9.17) is 4.84 Å². The van der Waals surface area contributed by atoms with Gasteiger partial charge in [-0.25, -0.2) is 0 Å². The molecule has 2 rings (SSSR count). The Labute approximate surface area is 70.5 Å². The summed E-state index contributed by atoms with van der Waals surface area (Å²) in [6.45, 7) is 2.57. The summed E-state index contributed by atoms with van der Waals surface area (Å²) < 4.78 is 0. The van der Waals surface area contributed by atoms with Gasteiger partial charge >= 0.3 is 0 Å². The van der Waals surface area contributed by atoms with Gasteiger partial charge in [0, 0.05) is 5.39 Å². The Balaban J connectivity index is 2.55. The molecule has 0 radical (unpaired) electrons. The van der Waals surface area contributed by atoms with Crippen molar-refractivity contribution in [3.8, 4) is 0 Å². The molecule has 0 unspecified atom stereocenters. The number of rotatable bonds is 2. The van der Waals surface area contributed by atoms with E-state index < -0.39 is 0 Å². The standard InChI is InChI=1S/C9H10N2O/c1-2-12-11-9-6-4-3-5-8(9)7-10-11/h3-7H,2H2,1H3. The summed E-state index contributed by atoms with van der Waals surface area (Å²) >= 11 is 0. The van der Waals surface area contributed by atoms with E-state index in [9.17, 15) is 0 Å². The van der Waals surface area contributed by atoms with Crippen LogP contribution in [-0.4, -0.2) is 16.6 Å². The summed E-state index contributed by atoms with van der Waals surface area (Å²) in [5.41, 5.74) is 1.01. The fourth-order valence-corrected chi connectivity index (χ4v) is 1.17. The first kappa shape index (κ1) is 7.16. The molecule has 0 amide bonds. The minimum absolute atomic E-state index is 0.631. The lowest BCUT2D eigenvalue weighted by Gasteiger charge is -2.01. The van der Waals surface area contributed by atoms with Crippen molar-refractivity contribution >= 4 is 10.9 Å². The van der Waals surface area contributed by atoms with Crippen molar-refractivity contribution in [3.05, 3.63) is 30.5 Å². The summed E-state index contributed by atoms with van der Waals surface area (Å²) in [6.07, 6.45) is 1.80. The third-order valence-electron chi connectivity index (χ3n) is 1.70. The lowest BCUT2D eigenvalue weighted by molar-refractivity contribution is 0.103. The van der Waals surface area contributed by atoms with Gasteiger partial charge in [0.25, 0.3) is 0 Å². The van der Waals surface area contributed by atoms with Crippen LogP contribution >= 0.6 is 0 Å². The fourth-order valence-electron chi connectivity index (χ4n) is 1.17. The summed E-state index contributed by atoms with van der Waals surface area (Å²) in [4.78, 5) is 6.82. The molecule has 3 nitrogen and oxygen atoms in total. The molecule has 0 N–H and O–H groups in total. The maximum Gasteiger partial charge on any atom is 0.114 e. The molecule has 1 aromatic heterocycles. The highest BCUT2D eigenvalue weighted by Gasteiger charge is 1.99. The van der Waals surface area contributed by atoms with Gasteiger partial charge in [0.1, 0.15) is 12.1 Å². The van der Waals surface area contributed by atoms with Crippen molar-refractivity contribution in [2.75, 3.05) is 6.61 Å². The van der Waals surface area contributed by atoms with Crippen molar-refractivity contribution in [3.63, 3.8) is 0 Å². The second-order valence-electron chi connectivity index (χ2n) is 2.49. The Morgan fingerprint density at radius 1 is 1.42 bits per heavy atom. The summed E-state index contributed by atoms with van der Waals surface area (Å²) in [7, 11) is 0. The van der Waals surface area contributed by atoms with Gasteiger partial charge in [0.2, 0.25) is 0 Å². The number of fused-ring (bicyclic) bond motifs is 1. The average Bonchev–Trinajstić information content (AvgIpc) is 2.50. The fraction of sp³-hybridized carbons (Fsp3) is 0.222. The average molecular weight is 162 g/mol. The van der Waals surface area contributed by atoms with Gasteiger partial charge in [-0.3, -0.25) is 0 Å². The number of nitrogens with zero attached hydrogens (tertiary/aromatic N) is 2. The highest BCUT2D eigenvalue weighted by atomic mass is 16.7. The highest BCUT2D eigenvalue weighted by molar-refractivity contribution is 5.77. The first-order chi connectivity index (χ1) is 5.92. The largest absolute Gasteiger partial charge is 0.396 e. The van der Waals surface area contributed by atoms with Crippen molar-refractivity contribution in [2.24, 2.45) is 0 Å². The molecule has 0 aliphatic heterocycles. The molecular formula is C9H10N2O. The van der Waals surface area contributed by atoms with Crippen LogP contribution in [-0.2, 0) is 0 Å². The molecule has 12 heavy (non-hydrogen) atoms. The van der Waals surface area contributed by atoms with Crippen LogP contribution in [0.5, 0.6) is 0 Å². The lowest BCUT2D eigenvalue weighted by atomic mass is 10.3. The smallest absolute Gasteiger partial charge is 0.114 e. The zero-order valence-electron chi connectivity index (χ0n) is 6.90. The predicted octanol–water partition coefficient (Wildman–Crippen LogP) is 1.48. The van der Waals surface area contributed by atoms with E-state index in [0.717, 1.165) is 10.9 Å². The van der Waals surface area contributed by atoms with Gasteiger partial charge in [-0.15, -0.1) is 5.10 Å². The zero-order valence-corrected chi connectivity index (χ0v) is 6.90. The van der Waals surface area contributed by atoms with E-state index >= 15 is 0 Å². The zero-order chi connectivity index (χ0) is 8.39. The van der Waals surface area contributed by atoms with Crippen LogP contribution in [0.3, 0.4) is 0 Å². The molecule has 0 saturated carbocycles. The molecule has 0 atom stereocenters. The van der Waals surface area contributed by atoms with Crippen LogP contribution in [0.1, 0.15) is 6.92 Å². The van der Waals surface area contributed by atoms with Crippen LogP contribution in [0.2, 0.25) is 0 Å². The van der Waals surface area contributed by atoms with Crippen molar-refractivity contribution < 1.29 is 4.84 Å². The van der Waals surface area contributed by atoms with E-state index in [1.165, 1.54) is 0 Å². The molecule has 0 saturated heterocycles. The van der Waals surface area contributed by atoms with Crippen LogP contribution in [0.4, 0.5) is 0 Å². The second-order valence-corrected chi connectivity index (χ2v) is 2.49. The molecule has 3 heteroatoms. The van der Waals surface area contributed by atoms with Crippen LogP contribution in [0.25, 0.3) is 10.9 Å². The van der Waals surface area contributed by atoms with E-state index in [1.54, 1.807) is 11.0 Å². The topological polar surface area (TPSA) is 27.1 Å². The van der Waals surface area contributed by atoms with Crippen molar-refractivity contribution in [1.82, 2.24) is 9.94 Å². The molecule has 0 bridgehead atoms. The number of aromatic nitrogens is 2. The Bertz CT molecular complexity index is 381. The number of para-hydroxylation sites is 1. The van der Waals surface area contributed by atoms with E-state index in [1.807, 2.05) is 31.2 Å². The molecule has 0 aliphatic carbocycles. The molecule has 62 valence electrons. The van der Waals surface area contributed by atoms with E-state index in [0.29, 0.717) is 6.61 Å². The Morgan fingerprint density at radius 3 is 3.08 bits per heavy atom. The van der Waals surface area contributed by atoms with Crippen LogP contribution < -0.4 is 4.84 Å². The molecule has 0 fully saturated rings. The Morgan fingerprint density at radius 2 is 2.25 bits per heavy atom. The first-order valence-electron chi connectivity index (χ1n) is 3.98. The monoisotopic (exact) mass is 162 g/mol. The maximum absolute atomic E-state index is 5.26. The third kappa shape index (κ3) is 1.03. The number of benzene rings is 1. The van der Waals surface area contributed by atoms with E-state index in [2.05, 4.69) is 5.10 Å². The summed E-state index contributed by atoms with van der Waals surface area (Å²) in [6, 6.07) is 7.95. The molecule has 0 aliphatic rings. The van der Waals surface area contributed by atoms with Gasteiger partial charge in [0.15, 0.2) is 0 Å². The van der Waals surface area contributed by atoms with Crippen LogP contribution in [0.15, 0.2) is 30.5 Å². The number of hydrogen-bond donors (Lipinski definition) is 0. The molecular weight excluding hydrogens is 152 g/mol. The predicted molar refractivity (Wildman–Crippen MR) is 46.9 cm³/mol. The highest BCUT2D eigenvalue weighted by Crippen LogP contribution is 2.10. The Hall–Kier alpha value is -1.51. The molecule has 2 aromatic rings. The van der Waals surface area contributed by atoms with Gasteiger partial charge in [0.05, 0.1) is 6.20 Å². The Kier molecular flexibility index (Phi) is 1.70. The number of hydrogen-bond acceptors (Lipinski definition) is 2.